The predicted octanol–water partition coefficient (Wildman–Crippen LogP) is 2.85. The highest BCUT2D eigenvalue weighted by atomic mass is 32.2. The first-order valence-electron chi connectivity index (χ1n) is 10.3. The van der Waals surface area contributed by atoms with Crippen molar-refractivity contribution in [2.75, 3.05) is 13.1 Å². The lowest BCUT2D eigenvalue weighted by Crippen LogP contribution is -2.43. The van der Waals surface area contributed by atoms with Gasteiger partial charge in [0.2, 0.25) is 5.91 Å². The van der Waals surface area contributed by atoms with Crippen LogP contribution in [0.4, 0.5) is 0 Å². The quantitative estimate of drug-likeness (QED) is 0.392. The minimum Gasteiger partial charge on any atom is -0.341 e. The fourth-order valence-electron chi connectivity index (χ4n) is 4.12. The smallest absolute Gasteiger partial charge is 0.259 e. The number of nitrogens with one attached hydrogen (secondary N) is 1. The van der Waals surface area contributed by atoms with Crippen LogP contribution in [0.1, 0.15) is 31.5 Å². The number of aromatic amines is 1. The molecule has 0 bridgehead atoms. The molecule has 2 atom stereocenters. The second-order valence-electron chi connectivity index (χ2n) is 7.76. The molecule has 1 saturated heterocycles. The molecule has 2 unspecified atom stereocenters. The van der Waals surface area contributed by atoms with E-state index in [-0.39, 0.29) is 22.6 Å². The summed E-state index contributed by atoms with van der Waals surface area (Å²) in [4.78, 5) is 34.7. The second kappa shape index (κ2) is 8.14. The molecule has 1 aromatic carbocycles. The van der Waals surface area contributed by atoms with Gasteiger partial charge in [-0.2, -0.15) is 0 Å². The van der Waals surface area contributed by atoms with Crippen LogP contribution in [0.2, 0.25) is 0 Å². The van der Waals surface area contributed by atoms with Crippen LogP contribution < -0.4 is 5.56 Å². The fraction of sp³-hybridized carbons (Fsp3) is 0.318. The third-order valence-corrected chi connectivity index (χ3v) is 6.64. The highest BCUT2D eigenvalue weighted by Crippen LogP contribution is 2.29. The lowest BCUT2D eigenvalue weighted by atomic mass is 9.97. The summed E-state index contributed by atoms with van der Waals surface area (Å²) < 4.78 is 2.00. The molecule has 1 aliphatic rings. The van der Waals surface area contributed by atoms with E-state index < -0.39 is 0 Å². The van der Waals surface area contributed by atoms with E-state index in [1.807, 2.05) is 52.8 Å². The van der Waals surface area contributed by atoms with E-state index in [0.29, 0.717) is 22.6 Å². The van der Waals surface area contributed by atoms with Crippen LogP contribution in [0.5, 0.6) is 0 Å². The first-order valence-corrected chi connectivity index (χ1v) is 11.2. The average molecular weight is 435 g/mol. The first kappa shape index (κ1) is 19.7. The van der Waals surface area contributed by atoms with Crippen molar-refractivity contribution in [3.05, 3.63) is 64.8 Å². The summed E-state index contributed by atoms with van der Waals surface area (Å²) in [6, 6.07) is 13.0. The molecule has 158 valence electrons. The van der Waals surface area contributed by atoms with Gasteiger partial charge in [-0.05, 0) is 44.0 Å². The van der Waals surface area contributed by atoms with Crippen molar-refractivity contribution >= 4 is 34.2 Å². The Morgan fingerprint density at radius 2 is 2.03 bits per heavy atom. The van der Waals surface area contributed by atoms with Gasteiger partial charge >= 0.3 is 0 Å². The normalized spacial score (nSPS) is 17.8. The van der Waals surface area contributed by atoms with Gasteiger partial charge in [-0.25, -0.2) is 4.98 Å². The van der Waals surface area contributed by atoms with Gasteiger partial charge in [0, 0.05) is 25.2 Å². The number of thioether (sulfide) groups is 1. The number of hydrogen-bond acceptors (Lipinski definition) is 6. The van der Waals surface area contributed by atoms with Crippen LogP contribution in [0.3, 0.4) is 0 Å². The van der Waals surface area contributed by atoms with Crippen LogP contribution in [0.25, 0.3) is 16.6 Å². The molecule has 1 fully saturated rings. The number of pyridine rings is 1. The second-order valence-corrected chi connectivity index (χ2v) is 9.09. The lowest BCUT2D eigenvalue weighted by molar-refractivity contribution is -0.131. The van der Waals surface area contributed by atoms with Crippen molar-refractivity contribution in [3.63, 3.8) is 0 Å². The number of likely N-dealkylation sites (tertiary alicyclic amines) is 1. The SMILES string of the molecule is CC(Sc1nc2ccccc2c(=O)[nH]1)C(=O)N1CCCC(c2nnc3ccccn23)C1. The summed E-state index contributed by atoms with van der Waals surface area (Å²) in [5.74, 6) is 1.08. The number of piperidine rings is 1. The van der Waals surface area contributed by atoms with Crippen molar-refractivity contribution < 1.29 is 4.79 Å². The third-order valence-electron chi connectivity index (χ3n) is 5.67. The fourth-order valence-corrected chi connectivity index (χ4v) is 5.01. The zero-order valence-electron chi connectivity index (χ0n) is 17.1. The van der Waals surface area contributed by atoms with Gasteiger partial charge in [0.1, 0.15) is 5.82 Å². The van der Waals surface area contributed by atoms with Gasteiger partial charge in [0.05, 0.1) is 16.2 Å². The molecule has 0 radical (unpaired) electrons. The number of fused-ring (bicyclic) bond motifs is 2. The number of carbonyl (C=O) groups excluding carboxylic acids is 1. The molecule has 5 rings (SSSR count). The Morgan fingerprint density at radius 1 is 1.19 bits per heavy atom. The Bertz CT molecular complexity index is 1320. The van der Waals surface area contributed by atoms with Crippen LogP contribution in [0.15, 0.2) is 58.6 Å². The van der Waals surface area contributed by atoms with E-state index >= 15 is 0 Å². The van der Waals surface area contributed by atoms with Crippen LogP contribution in [0, 0.1) is 0 Å². The summed E-state index contributed by atoms with van der Waals surface area (Å²) >= 11 is 1.28. The van der Waals surface area contributed by atoms with E-state index in [9.17, 15) is 9.59 Å². The number of rotatable bonds is 4. The molecule has 1 N–H and O–H groups in total. The molecule has 9 heteroatoms. The van der Waals surface area contributed by atoms with Crippen molar-refractivity contribution in [2.24, 2.45) is 0 Å². The highest BCUT2D eigenvalue weighted by Gasteiger charge is 2.30. The topological polar surface area (TPSA) is 96.2 Å². The molecule has 3 aromatic heterocycles. The molecule has 0 saturated carbocycles. The number of H-pyrrole nitrogens is 1. The molecule has 0 spiro atoms. The van der Waals surface area contributed by atoms with E-state index in [0.717, 1.165) is 30.9 Å². The Hall–Kier alpha value is -3.20. The van der Waals surface area contributed by atoms with Crippen LogP contribution in [-0.4, -0.2) is 53.7 Å². The molecule has 0 aliphatic carbocycles. The Balaban J connectivity index is 1.32. The number of para-hydroxylation sites is 1. The Kier molecular flexibility index (Phi) is 5.19. The monoisotopic (exact) mass is 434 g/mol. The number of benzene rings is 1. The molecule has 1 amide bonds. The van der Waals surface area contributed by atoms with Crippen molar-refractivity contribution in [3.8, 4) is 0 Å². The molecule has 4 heterocycles. The molecule has 8 nitrogen and oxygen atoms in total. The number of hydrogen-bond donors (Lipinski definition) is 1. The maximum absolute atomic E-state index is 13.2. The largest absolute Gasteiger partial charge is 0.341 e. The Labute approximate surface area is 182 Å². The standard InChI is InChI=1S/C22H22N6O2S/c1-14(31-22-23-17-9-3-2-8-16(17)20(29)24-22)21(30)27-11-6-7-15(13-27)19-26-25-18-10-4-5-12-28(18)19/h2-5,8-10,12,14-15H,6-7,11,13H2,1H3,(H,23,24,29). The third kappa shape index (κ3) is 3.81. The molecule has 4 aromatic rings. The highest BCUT2D eigenvalue weighted by molar-refractivity contribution is 8.00. The minimum absolute atomic E-state index is 0.0410. The number of carbonyl (C=O) groups is 1. The molecule has 1 aliphatic heterocycles. The van der Waals surface area contributed by atoms with Gasteiger partial charge in [0.15, 0.2) is 10.8 Å². The van der Waals surface area contributed by atoms with Crippen molar-refractivity contribution in [2.45, 2.75) is 36.1 Å². The number of amides is 1. The van der Waals surface area contributed by atoms with Crippen LogP contribution >= 0.6 is 11.8 Å². The predicted molar refractivity (Wildman–Crippen MR) is 119 cm³/mol. The Morgan fingerprint density at radius 3 is 2.94 bits per heavy atom. The lowest BCUT2D eigenvalue weighted by Gasteiger charge is -2.33. The van der Waals surface area contributed by atoms with Gasteiger partial charge < -0.3 is 9.88 Å². The summed E-state index contributed by atoms with van der Waals surface area (Å²) in [6.07, 6.45) is 3.85. The minimum atomic E-state index is -0.363. The average Bonchev–Trinajstić information content (AvgIpc) is 3.23. The van der Waals surface area contributed by atoms with E-state index in [1.165, 1.54) is 11.8 Å². The summed E-state index contributed by atoms with van der Waals surface area (Å²) in [5.41, 5.74) is 1.26. The maximum atomic E-state index is 13.2. The number of nitrogens with zero attached hydrogens (tertiary/aromatic N) is 5. The molecule has 31 heavy (non-hydrogen) atoms. The van der Waals surface area contributed by atoms with Gasteiger partial charge in [-0.15, -0.1) is 10.2 Å². The summed E-state index contributed by atoms with van der Waals surface area (Å²) in [5, 5.41) is 9.28. The van der Waals surface area contributed by atoms with Gasteiger partial charge in [-0.3, -0.25) is 14.0 Å². The molecular weight excluding hydrogens is 412 g/mol. The zero-order chi connectivity index (χ0) is 21.4. The first-order chi connectivity index (χ1) is 15.1. The summed E-state index contributed by atoms with van der Waals surface area (Å²) in [7, 11) is 0. The number of aromatic nitrogens is 5. The van der Waals surface area contributed by atoms with Crippen LogP contribution in [-0.2, 0) is 4.79 Å². The van der Waals surface area contributed by atoms with Gasteiger partial charge in [0.25, 0.3) is 5.56 Å². The van der Waals surface area contributed by atoms with Gasteiger partial charge in [-0.1, -0.05) is 30.0 Å². The van der Waals surface area contributed by atoms with E-state index in [1.54, 1.807) is 12.1 Å². The van der Waals surface area contributed by atoms with Crippen molar-refractivity contribution in [1.82, 2.24) is 29.5 Å². The van der Waals surface area contributed by atoms with E-state index in [2.05, 4.69) is 20.2 Å². The summed E-state index contributed by atoms with van der Waals surface area (Å²) in [6.45, 7) is 3.19. The zero-order valence-corrected chi connectivity index (χ0v) is 17.9. The maximum Gasteiger partial charge on any atom is 0.259 e. The van der Waals surface area contributed by atoms with Crippen molar-refractivity contribution in [1.29, 1.82) is 0 Å². The molecular formula is C22H22N6O2S. The van der Waals surface area contributed by atoms with E-state index in [4.69, 9.17) is 0 Å².